The lowest BCUT2D eigenvalue weighted by Gasteiger charge is -2.28. The van der Waals surface area contributed by atoms with Gasteiger partial charge in [-0.15, -0.1) is 11.3 Å². The third-order valence-electron chi connectivity index (χ3n) is 2.69. The first kappa shape index (κ1) is 13.2. The molecule has 0 spiro atoms. The van der Waals surface area contributed by atoms with Gasteiger partial charge in [-0.05, 0) is 53.4 Å². The number of hydrogen-bond acceptors (Lipinski definition) is 2. The van der Waals surface area contributed by atoms with Gasteiger partial charge in [0.2, 0.25) is 0 Å². The highest BCUT2D eigenvalue weighted by Gasteiger charge is 2.23. The molecule has 3 heteroatoms. The van der Waals surface area contributed by atoms with Crippen LogP contribution >= 0.6 is 27.3 Å². The summed E-state index contributed by atoms with van der Waals surface area (Å²) in [7, 11) is 2.04. The van der Waals surface area contributed by atoms with Crippen molar-refractivity contribution in [2.75, 3.05) is 13.6 Å². The molecule has 1 atom stereocenters. The first-order valence-corrected chi connectivity index (χ1v) is 7.09. The summed E-state index contributed by atoms with van der Waals surface area (Å²) in [5.41, 5.74) is 0.397. The minimum absolute atomic E-state index is 0.397. The summed E-state index contributed by atoms with van der Waals surface area (Å²) in [4.78, 5) is 1.48. The highest BCUT2D eigenvalue weighted by molar-refractivity contribution is 9.11. The first-order chi connectivity index (χ1) is 7.09. The van der Waals surface area contributed by atoms with Crippen molar-refractivity contribution in [3.8, 4) is 0 Å². The Labute approximate surface area is 105 Å². The van der Waals surface area contributed by atoms with E-state index in [1.165, 1.54) is 27.9 Å². The van der Waals surface area contributed by atoms with Gasteiger partial charge in [-0.25, -0.2) is 0 Å². The van der Waals surface area contributed by atoms with Crippen molar-refractivity contribution < 1.29 is 0 Å². The van der Waals surface area contributed by atoms with E-state index in [4.69, 9.17) is 0 Å². The predicted molar refractivity (Wildman–Crippen MR) is 72.7 cm³/mol. The van der Waals surface area contributed by atoms with Gasteiger partial charge in [0.1, 0.15) is 0 Å². The lowest BCUT2D eigenvalue weighted by Crippen LogP contribution is -2.31. The molecule has 0 saturated heterocycles. The smallest absolute Gasteiger partial charge is 0.0701 e. The van der Waals surface area contributed by atoms with Crippen molar-refractivity contribution in [1.29, 1.82) is 0 Å². The maximum Gasteiger partial charge on any atom is 0.0701 e. The molecule has 0 saturated carbocycles. The molecule has 1 unspecified atom stereocenters. The lowest BCUT2D eigenvalue weighted by atomic mass is 9.82. The van der Waals surface area contributed by atoms with Crippen LogP contribution in [0.5, 0.6) is 0 Å². The van der Waals surface area contributed by atoms with Crippen LogP contribution in [-0.4, -0.2) is 13.6 Å². The van der Waals surface area contributed by atoms with Gasteiger partial charge in [0.25, 0.3) is 0 Å². The van der Waals surface area contributed by atoms with Crippen molar-refractivity contribution in [2.24, 2.45) is 5.41 Å². The zero-order valence-electron chi connectivity index (χ0n) is 9.77. The zero-order valence-corrected chi connectivity index (χ0v) is 12.2. The van der Waals surface area contributed by atoms with E-state index in [-0.39, 0.29) is 0 Å². The monoisotopic (exact) mass is 289 g/mol. The van der Waals surface area contributed by atoms with Crippen LogP contribution in [0, 0.1) is 5.41 Å². The molecule has 1 aromatic rings. The van der Waals surface area contributed by atoms with E-state index in [9.17, 15) is 0 Å². The Morgan fingerprint density at radius 3 is 2.67 bits per heavy atom. The van der Waals surface area contributed by atoms with E-state index < -0.39 is 0 Å². The molecule has 1 rings (SSSR count). The maximum atomic E-state index is 3.52. The van der Waals surface area contributed by atoms with Crippen LogP contribution in [0.2, 0.25) is 0 Å². The third-order valence-corrected chi connectivity index (χ3v) is 4.31. The second kappa shape index (κ2) is 6.02. The van der Waals surface area contributed by atoms with E-state index in [1.54, 1.807) is 0 Å². The molecule has 0 amide bonds. The first-order valence-electron chi connectivity index (χ1n) is 5.48. The molecule has 86 valence electrons. The molecule has 1 aromatic heterocycles. The van der Waals surface area contributed by atoms with Gasteiger partial charge < -0.3 is 5.32 Å². The van der Waals surface area contributed by atoms with Crippen molar-refractivity contribution >= 4 is 27.3 Å². The Kier molecular flexibility index (Phi) is 5.30. The Balaban J connectivity index is 2.65. The summed E-state index contributed by atoms with van der Waals surface area (Å²) < 4.78 is 1.24. The molecule has 1 heterocycles. The second-order valence-electron chi connectivity index (χ2n) is 4.47. The second-order valence-corrected chi connectivity index (χ2v) is 7.02. The fourth-order valence-corrected chi connectivity index (χ4v) is 3.84. The quantitative estimate of drug-likeness (QED) is 0.832. The van der Waals surface area contributed by atoms with Crippen molar-refractivity contribution in [1.82, 2.24) is 5.32 Å². The highest BCUT2D eigenvalue weighted by atomic mass is 79.9. The number of rotatable bonds is 6. The summed E-state index contributed by atoms with van der Waals surface area (Å²) in [5.74, 6) is 0. The fourth-order valence-electron chi connectivity index (χ4n) is 2.14. The van der Waals surface area contributed by atoms with E-state index in [0.29, 0.717) is 5.41 Å². The Bertz CT molecular complexity index is 290. The number of hydrogen-bond donors (Lipinski definition) is 1. The molecule has 0 aliphatic carbocycles. The van der Waals surface area contributed by atoms with Crippen LogP contribution in [0.4, 0.5) is 0 Å². The van der Waals surface area contributed by atoms with E-state index in [0.717, 1.165) is 6.54 Å². The predicted octanol–water partition coefficient (Wildman–Crippen LogP) is 4.08. The maximum absolute atomic E-state index is 3.52. The van der Waals surface area contributed by atoms with Gasteiger partial charge in [0, 0.05) is 11.4 Å². The standard InChI is InChI=1S/C12H20BrNS/c1-4-7-12(2,9-14-3)8-10-5-6-11(13)15-10/h5-6,14H,4,7-9H2,1-3H3. The van der Waals surface area contributed by atoms with Crippen molar-refractivity contribution in [3.05, 3.63) is 20.8 Å². The topological polar surface area (TPSA) is 12.0 Å². The molecule has 0 aliphatic rings. The molecule has 0 bridgehead atoms. The normalized spacial score (nSPS) is 15.2. The van der Waals surface area contributed by atoms with Gasteiger partial charge in [-0.3, -0.25) is 0 Å². The highest BCUT2D eigenvalue weighted by Crippen LogP contribution is 2.32. The Hall–Kier alpha value is 0.140. The van der Waals surface area contributed by atoms with E-state index >= 15 is 0 Å². The van der Waals surface area contributed by atoms with Crippen molar-refractivity contribution in [3.63, 3.8) is 0 Å². The number of halogens is 1. The molecule has 0 fully saturated rings. The SMILES string of the molecule is CCCC(C)(CNC)Cc1ccc(Br)s1. The zero-order chi connectivity index (χ0) is 11.3. The molecule has 0 aromatic carbocycles. The number of thiophene rings is 1. The molecule has 15 heavy (non-hydrogen) atoms. The van der Waals surface area contributed by atoms with Crippen LogP contribution < -0.4 is 5.32 Å². The summed E-state index contributed by atoms with van der Waals surface area (Å²) in [6.45, 7) is 5.73. The van der Waals surface area contributed by atoms with E-state index in [2.05, 4.69) is 47.2 Å². The van der Waals surface area contributed by atoms with Crippen LogP contribution in [0.1, 0.15) is 31.6 Å². The lowest BCUT2D eigenvalue weighted by molar-refractivity contribution is 0.285. The summed E-state index contributed by atoms with van der Waals surface area (Å²) in [6, 6.07) is 4.38. The summed E-state index contributed by atoms with van der Waals surface area (Å²) in [5, 5.41) is 3.31. The van der Waals surface area contributed by atoms with Crippen LogP contribution in [-0.2, 0) is 6.42 Å². The molecular weight excluding hydrogens is 270 g/mol. The summed E-state index contributed by atoms with van der Waals surface area (Å²) >= 11 is 5.38. The van der Waals surface area contributed by atoms with Gasteiger partial charge >= 0.3 is 0 Å². The van der Waals surface area contributed by atoms with Gasteiger partial charge in [0.15, 0.2) is 0 Å². The third kappa shape index (κ3) is 4.25. The fraction of sp³-hybridized carbons (Fsp3) is 0.667. The molecule has 0 aliphatic heterocycles. The molecule has 0 radical (unpaired) electrons. The molecule has 1 N–H and O–H groups in total. The van der Waals surface area contributed by atoms with Gasteiger partial charge in [0.05, 0.1) is 3.79 Å². The van der Waals surface area contributed by atoms with Crippen molar-refractivity contribution in [2.45, 2.75) is 33.1 Å². The van der Waals surface area contributed by atoms with Gasteiger partial charge in [-0.1, -0.05) is 20.3 Å². The average Bonchev–Trinajstić information content (AvgIpc) is 2.51. The minimum Gasteiger partial charge on any atom is -0.319 e. The van der Waals surface area contributed by atoms with E-state index in [1.807, 2.05) is 18.4 Å². The van der Waals surface area contributed by atoms with Crippen LogP contribution in [0.15, 0.2) is 15.9 Å². The Morgan fingerprint density at radius 2 is 2.20 bits per heavy atom. The molecule has 1 nitrogen and oxygen atoms in total. The number of nitrogens with one attached hydrogen (secondary N) is 1. The summed E-state index contributed by atoms with van der Waals surface area (Å²) in [6.07, 6.45) is 3.71. The van der Waals surface area contributed by atoms with Crippen LogP contribution in [0.25, 0.3) is 0 Å². The van der Waals surface area contributed by atoms with Gasteiger partial charge in [-0.2, -0.15) is 0 Å². The average molecular weight is 290 g/mol. The Morgan fingerprint density at radius 1 is 1.47 bits per heavy atom. The van der Waals surface area contributed by atoms with Crippen LogP contribution in [0.3, 0.4) is 0 Å². The molecular formula is C12H20BrNS. The minimum atomic E-state index is 0.397. The largest absolute Gasteiger partial charge is 0.319 e.